The second-order valence-electron chi connectivity index (χ2n) is 10.8. The van der Waals surface area contributed by atoms with E-state index in [1.807, 2.05) is 24.3 Å². The van der Waals surface area contributed by atoms with Crippen LogP contribution in [0.15, 0.2) is 157 Å². The van der Waals surface area contributed by atoms with Crippen molar-refractivity contribution in [1.82, 2.24) is 0 Å². The summed E-state index contributed by atoms with van der Waals surface area (Å²) in [4.78, 5) is 0. The van der Waals surface area contributed by atoms with Gasteiger partial charge in [-0.15, -0.1) is 0 Å². The van der Waals surface area contributed by atoms with E-state index < -0.39 is 96.7 Å². The molecule has 0 bridgehead atoms. The average molecular weight is 571 g/mol. The Labute approximate surface area is 277 Å². The third kappa shape index (κ3) is 3.23. The number of hydrogen-bond acceptors (Lipinski definition) is 0. The van der Waals surface area contributed by atoms with E-state index in [-0.39, 0.29) is 54.2 Å². The van der Waals surface area contributed by atoms with Gasteiger partial charge in [0, 0.05) is 0 Å². The van der Waals surface area contributed by atoms with E-state index in [1.54, 1.807) is 36.4 Å². The van der Waals surface area contributed by atoms with E-state index in [9.17, 15) is 8.22 Å². The maximum absolute atomic E-state index is 9.71. The second kappa shape index (κ2) is 8.89. The summed E-state index contributed by atoms with van der Waals surface area (Å²) in [6, 6.07) is 9.81. The van der Waals surface area contributed by atoms with Gasteiger partial charge in [-0.25, -0.2) is 0 Å². The van der Waals surface area contributed by atoms with E-state index in [1.165, 1.54) is 0 Å². The Bertz CT molecular complexity index is 3640. The van der Waals surface area contributed by atoms with Gasteiger partial charge < -0.3 is 0 Å². The molecular formula is C44H26. The van der Waals surface area contributed by atoms with Crippen molar-refractivity contribution < 1.29 is 21.9 Å². The summed E-state index contributed by atoms with van der Waals surface area (Å²) in [6.07, 6.45) is 0. The summed E-state index contributed by atoms with van der Waals surface area (Å²) < 4.78 is 144. The van der Waals surface area contributed by atoms with Crippen LogP contribution in [0.3, 0.4) is 0 Å². The summed E-state index contributed by atoms with van der Waals surface area (Å²) in [7, 11) is 0. The van der Waals surface area contributed by atoms with Gasteiger partial charge in [-0.2, -0.15) is 0 Å². The fraction of sp³-hybridized carbons (Fsp3) is 0. The molecule has 10 aromatic carbocycles. The first-order chi connectivity index (χ1) is 28.5. The number of rotatable bonds is 2. The van der Waals surface area contributed by atoms with Crippen LogP contribution in [0, 0.1) is 0 Å². The molecule has 0 saturated heterocycles. The molecule has 0 aromatic heterocycles. The minimum absolute atomic E-state index is 0.0132. The van der Waals surface area contributed by atoms with E-state index in [4.69, 9.17) is 13.7 Å². The standard InChI is InChI=1S/C44H26/c1-2-10-32-26-33(19-16-27(32)8-1)41-35-14-5-6-15-36(35)44(43-34-13-4-3-9-28(34)20-25-39(41)43)38-24-22-31-18-17-29-11-7-12-30-21-23-37(38)42(31)40(29)30/h1-26H/i1D,2D,7D,8D,10D,11D,12D,16D,17D,18D,19D,21D,22D,23D,24D,26D. The molecule has 0 heterocycles. The van der Waals surface area contributed by atoms with Crippen LogP contribution < -0.4 is 0 Å². The number of hydrogen-bond donors (Lipinski definition) is 0. The van der Waals surface area contributed by atoms with Gasteiger partial charge >= 0.3 is 0 Å². The lowest BCUT2D eigenvalue weighted by atomic mass is 9.82. The maximum atomic E-state index is 9.71. The molecule has 10 rings (SSSR count). The van der Waals surface area contributed by atoms with E-state index >= 15 is 0 Å². The number of benzene rings is 10. The van der Waals surface area contributed by atoms with Crippen LogP contribution in [0.25, 0.3) is 97.7 Å². The summed E-state index contributed by atoms with van der Waals surface area (Å²) in [5, 5.41) is 2.06. The molecule has 0 unspecified atom stereocenters. The van der Waals surface area contributed by atoms with Crippen LogP contribution in [0.1, 0.15) is 21.9 Å². The first-order valence-electron chi connectivity index (χ1n) is 22.1. The van der Waals surface area contributed by atoms with Crippen molar-refractivity contribution in [1.29, 1.82) is 0 Å². The molecule has 0 radical (unpaired) electrons. The predicted octanol–water partition coefficient (Wildman–Crippen LogP) is 12.5. The van der Waals surface area contributed by atoms with Crippen molar-refractivity contribution in [2.45, 2.75) is 0 Å². The molecule has 0 fully saturated rings. The highest BCUT2D eigenvalue weighted by Crippen LogP contribution is 2.49. The minimum Gasteiger partial charge on any atom is -0.0616 e. The SMILES string of the molecule is [2H]c1c([2H])c([2H])c2c([2H])c(-c3c4ccccc4c(-c4c([2H])c([2H])c5c([2H])c([2H])c6c([2H])c([2H])c([2H])c7c([2H])c([2H])c4c5c67)c4c3ccc3ccccc34)c([2H])c([2H])c2c1[2H]. The van der Waals surface area contributed by atoms with Crippen LogP contribution in [0.2, 0.25) is 0 Å². The topological polar surface area (TPSA) is 0 Å². The van der Waals surface area contributed by atoms with Crippen LogP contribution in [-0.4, -0.2) is 0 Å². The highest BCUT2D eigenvalue weighted by Gasteiger charge is 2.21. The Morgan fingerprint density at radius 3 is 1.82 bits per heavy atom. The maximum Gasteiger partial charge on any atom is 0.0636 e. The molecule has 202 valence electrons. The number of fused-ring (bicyclic) bond motifs is 5. The lowest BCUT2D eigenvalue weighted by Gasteiger charge is -2.21. The van der Waals surface area contributed by atoms with Crippen LogP contribution >= 0.6 is 0 Å². The van der Waals surface area contributed by atoms with Gasteiger partial charge in [-0.05, 0) is 104 Å². The van der Waals surface area contributed by atoms with Crippen LogP contribution in [0.4, 0.5) is 0 Å². The second-order valence-corrected chi connectivity index (χ2v) is 10.8. The zero-order valence-corrected chi connectivity index (χ0v) is 22.8. The molecule has 0 atom stereocenters. The van der Waals surface area contributed by atoms with Crippen molar-refractivity contribution in [2.75, 3.05) is 0 Å². The summed E-state index contributed by atoms with van der Waals surface area (Å²) in [6.45, 7) is 0. The largest absolute Gasteiger partial charge is 0.0636 e. The quantitative estimate of drug-likeness (QED) is 0.143. The van der Waals surface area contributed by atoms with E-state index in [0.717, 1.165) is 5.39 Å². The molecule has 0 amide bonds. The average Bonchev–Trinajstić information content (AvgIpc) is 3.24. The molecular weight excluding hydrogens is 528 g/mol. The van der Waals surface area contributed by atoms with E-state index in [0.29, 0.717) is 38.1 Å². The first-order valence-corrected chi connectivity index (χ1v) is 14.1. The smallest absolute Gasteiger partial charge is 0.0616 e. The lowest BCUT2D eigenvalue weighted by Crippen LogP contribution is -1.93. The van der Waals surface area contributed by atoms with Crippen LogP contribution in [0.5, 0.6) is 0 Å². The van der Waals surface area contributed by atoms with Gasteiger partial charge in [0.05, 0.1) is 21.9 Å². The van der Waals surface area contributed by atoms with Crippen molar-refractivity contribution in [3.05, 3.63) is 157 Å². The van der Waals surface area contributed by atoms with Crippen molar-refractivity contribution >= 4 is 75.4 Å². The zero-order valence-electron chi connectivity index (χ0n) is 38.8. The lowest BCUT2D eigenvalue weighted by molar-refractivity contribution is 1.70. The molecule has 0 aliphatic rings. The van der Waals surface area contributed by atoms with Crippen molar-refractivity contribution in [3.8, 4) is 22.3 Å². The Morgan fingerprint density at radius 2 is 0.977 bits per heavy atom. The molecule has 10 aromatic rings. The van der Waals surface area contributed by atoms with Crippen LogP contribution in [-0.2, 0) is 0 Å². The molecule has 0 nitrogen and oxygen atoms in total. The Kier molecular flexibility index (Phi) is 2.69. The molecule has 0 aliphatic carbocycles. The predicted molar refractivity (Wildman–Crippen MR) is 191 cm³/mol. The zero-order chi connectivity index (χ0) is 42.7. The van der Waals surface area contributed by atoms with Crippen molar-refractivity contribution in [2.24, 2.45) is 0 Å². The van der Waals surface area contributed by atoms with Gasteiger partial charge in [-0.3, -0.25) is 0 Å². The Balaban J connectivity index is 1.52. The third-order valence-corrected chi connectivity index (χ3v) is 8.48. The Hall–Kier alpha value is -5.72. The molecule has 0 heteroatoms. The summed E-state index contributed by atoms with van der Waals surface area (Å²) >= 11 is 0. The molecule has 0 spiro atoms. The highest BCUT2D eigenvalue weighted by molar-refractivity contribution is 6.32. The first kappa shape index (κ1) is 13.3. The highest BCUT2D eigenvalue weighted by atomic mass is 14.2. The van der Waals surface area contributed by atoms with Gasteiger partial charge in [0.2, 0.25) is 0 Å². The monoisotopic (exact) mass is 570 g/mol. The normalized spacial score (nSPS) is 17.2. The fourth-order valence-corrected chi connectivity index (χ4v) is 6.63. The van der Waals surface area contributed by atoms with E-state index in [2.05, 4.69) is 0 Å². The third-order valence-electron chi connectivity index (χ3n) is 8.48. The van der Waals surface area contributed by atoms with Crippen molar-refractivity contribution in [3.63, 3.8) is 0 Å². The molecule has 44 heavy (non-hydrogen) atoms. The summed E-state index contributed by atoms with van der Waals surface area (Å²) in [5.74, 6) is 0. The van der Waals surface area contributed by atoms with Gasteiger partial charge in [-0.1, -0.05) is 151 Å². The van der Waals surface area contributed by atoms with Gasteiger partial charge in [0.15, 0.2) is 0 Å². The van der Waals surface area contributed by atoms with Gasteiger partial charge in [0.1, 0.15) is 0 Å². The Morgan fingerprint density at radius 1 is 0.341 bits per heavy atom. The minimum atomic E-state index is -0.592. The molecule has 0 saturated carbocycles. The summed E-state index contributed by atoms with van der Waals surface area (Å²) in [5.41, 5.74) is 0.572. The molecule has 0 N–H and O–H groups in total. The van der Waals surface area contributed by atoms with Gasteiger partial charge in [0.25, 0.3) is 0 Å². The molecule has 0 aliphatic heterocycles. The fourth-order valence-electron chi connectivity index (χ4n) is 6.63.